The summed E-state index contributed by atoms with van der Waals surface area (Å²) in [5, 5.41) is 9.19. The van der Waals surface area contributed by atoms with Crippen LogP contribution in [0.25, 0.3) is 0 Å². The number of fused-ring (bicyclic) bond motifs is 1. The van der Waals surface area contributed by atoms with E-state index in [9.17, 15) is 14.7 Å². The fourth-order valence-corrected chi connectivity index (χ4v) is 2.65. The molecule has 0 aromatic heterocycles. The number of carboxylic acid groups (broad SMARTS) is 1. The molecule has 114 valence electrons. The van der Waals surface area contributed by atoms with Crippen LogP contribution in [0.1, 0.15) is 41.3 Å². The molecule has 1 N–H and O–H groups in total. The van der Waals surface area contributed by atoms with Crippen molar-refractivity contribution in [2.45, 2.75) is 32.7 Å². The maximum Gasteiger partial charge on any atom is 0.335 e. The normalized spacial score (nSPS) is 13.9. The van der Waals surface area contributed by atoms with Crippen molar-refractivity contribution in [3.63, 3.8) is 0 Å². The van der Waals surface area contributed by atoms with Gasteiger partial charge in [-0.2, -0.15) is 0 Å². The summed E-state index contributed by atoms with van der Waals surface area (Å²) in [5.74, 6) is -0.788. The molecule has 0 aliphatic carbocycles. The number of nitrogens with zero attached hydrogens (tertiary/aromatic N) is 1. The second-order valence-electron chi connectivity index (χ2n) is 5.11. The Labute approximate surface area is 124 Å². The molecule has 1 aliphatic heterocycles. The largest absolute Gasteiger partial charge is 0.478 e. The molecule has 5 nitrogen and oxygen atoms in total. The molecule has 0 saturated heterocycles. The van der Waals surface area contributed by atoms with E-state index in [0.717, 1.165) is 17.5 Å². The third-order valence-electron chi connectivity index (χ3n) is 3.73. The summed E-state index contributed by atoms with van der Waals surface area (Å²) in [6.07, 6.45) is 1.81. The molecule has 21 heavy (non-hydrogen) atoms. The molecular weight excluding hydrogens is 270 g/mol. The number of aromatic carboxylic acids is 1. The molecule has 1 amide bonds. The van der Waals surface area contributed by atoms with Crippen molar-refractivity contribution in [2.24, 2.45) is 0 Å². The zero-order chi connectivity index (χ0) is 15.2. The van der Waals surface area contributed by atoms with Gasteiger partial charge in [0.15, 0.2) is 0 Å². The van der Waals surface area contributed by atoms with Crippen molar-refractivity contribution < 1.29 is 19.4 Å². The average molecular weight is 291 g/mol. The molecule has 1 heterocycles. The van der Waals surface area contributed by atoms with Crippen LogP contribution < -0.4 is 0 Å². The van der Waals surface area contributed by atoms with E-state index in [1.54, 1.807) is 17.0 Å². The van der Waals surface area contributed by atoms with E-state index in [1.807, 2.05) is 13.0 Å². The summed E-state index contributed by atoms with van der Waals surface area (Å²) < 4.78 is 5.23. The molecule has 1 aromatic carbocycles. The number of amides is 1. The van der Waals surface area contributed by atoms with Gasteiger partial charge in [0.05, 0.1) is 5.56 Å². The molecule has 0 atom stereocenters. The van der Waals surface area contributed by atoms with E-state index < -0.39 is 5.97 Å². The number of carboxylic acids is 1. The van der Waals surface area contributed by atoms with Crippen LogP contribution >= 0.6 is 0 Å². The SMILES string of the molecule is CCOCCCC(=O)N1CCc2c(cccc2C(=O)O)C1. The summed E-state index contributed by atoms with van der Waals surface area (Å²) in [4.78, 5) is 25.1. The number of ether oxygens (including phenoxy) is 1. The highest BCUT2D eigenvalue weighted by Gasteiger charge is 2.23. The van der Waals surface area contributed by atoms with Gasteiger partial charge in [0.25, 0.3) is 0 Å². The predicted octanol–water partition coefficient (Wildman–Crippen LogP) is 2.09. The van der Waals surface area contributed by atoms with E-state index in [2.05, 4.69) is 0 Å². The van der Waals surface area contributed by atoms with Crippen molar-refractivity contribution in [1.82, 2.24) is 4.90 Å². The van der Waals surface area contributed by atoms with Gasteiger partial charge in [-0.25, -0.2) is 4.79 Å². The molecule has 1 aromatic rings. The number of benzene rings is 1. The van der Waals surface area contributed by atoms with Crippen molar-refractivity contribution in [3.05, 3.63) is 34.9 Å². The summed E-state index contributed by atoms with van der Waals surface area (Å²) in [7, 11) is 0. The Bertz CT molecular complexity index is 527. The van der Waals surface area contributed by atoms with Gasteiger partial charge in [-0.3, -0.25) is 4.79 Å². The molecule has 2 rings (SSSR count). The van der Waals surface area contributed by atoms with Crippen molar-refractivity contribution in [1.29, 1.82) is 0 Å². The van der Waals surface area contributed by atoms with E-state index in [-0.39, 0.29) is 5.91 Å². The highest BCUT2D eigenvalue weighted by Crippen LogP contribution is 2.23. The van der Waals surface area contributed by atoms with Gasteiger partial charge in [-0.15, -0.1) is 0 Å². The lowest BCUT2D eigenvalue weighted by atomic mass is 9.94. The Morgan fingerprint density at radius 3 is 2.90 bits per heavy atom. The summed E-state index contributed by atoms with van der Waals surface area (Å²) in [5.41, 5.74) is 2.17. The molecule has 1 aliphatic rings. The van der Waals surface area contributed by atoms with Gasteiger partial charge in [0, 0.05) is 32.7 Å². The van der Waals surface area contributed by atoms with E-state index in [0.29, 0.717) is 44.7 Å². The van der Waals surface area contributed by atoms with Gasteiger partial charge in [0.1, 0.15) is 0 Å². The standard InChI is InChI=1S/C16H21NO4/c1-2-21-10-4-7-15(18)17-9-8-13-12(11-17)5-3-6-14(13)16(19)20/h3,5-6H,2,4,7-11H2,1H3,(H,19,20). The second kappa shape index (κ2) is 7.22. The van der Waals surface area contributed by atoms with Crippen LogP contribution in [0.3, 0.4) is 0 Å². The molecule has 0 radical (unpaired) electrons. The quantitative estimate of drug-likeness (QED) is 0.815. The van der Waals surface area contributed by atoms with Gasteiger partial charge in [0.2, 0.25) is 5.91 Å². The van der Waals surface area contributed by atoms with Crippen LogP contribution in [0.4, 0.5) is 0 Å². The Hall–Kier alpha value is -1.88. The third-order valence-corrected chi connectivity index (χ3v) is 3.73. The van der Waals surface area contributed by atoms with E-state index in [4.69, 9.17) is 4.74 Å². The lowest BCUT2D eigenvalue weighted by Crippen LogP contribution is -2.36. The average Bonchev–Trinajstić information content (AvgIpc) is 2.50. The minimum Gasteiger partial charge on any atom is -0.478 e. The Morgan fingerprint density at radius 2 is 2.19 bits per heavy atom. The predicted molar refractivity (Wildman–Crippen MR) is 78.2 cm³/mol. The molecule has 0 bridgehead atoms. The summed E-state index contributed by atoms with van der Waals surface area (Å²) in [6, 6.07) is 5.27. The Morgan fingerprint density at radius 1 is 1.38 bits per heavy atom. The Balaban J connectivity index is 1.98. The number of hydrogen-bond acceptors (Lipinski definition) is 3. The van der Waals surface area contributed by atoms with Crippen LogP contribution in [0.15, 0.2) is 18.2 Å². The minimum atomic E-state index is -0.900. The molecular formula is C16H21NO4. The maximum absolute atomic E-state index is 12.1. The van der Waals surface area contributed by atoms with Crippen molar-refractivity contribution >= 4 is 11.9 Å². The smallest absolute Gasteiger partial charge is 0.335 e. The Kier molecular flexibility index (Phi) is 5.33. The zero-order valence-electron chi connectivity index (χ0n) is 12.3. The second-order valence-corrected chi connectivity index (χ2v) is 5.11. The molecule has 5 heteroatoms. The lowest BCUT2D eigenvalue weighted by Gasteiger charge is -2.29. The van der Waals surface area contributed by atoms with Crippen molar-refractivity contribution in [2.75, 3.05) is 19.8 Å². The van der Waals surface area contributed by atoms with E-state index >= 15 is 0 Å². The number of carbonyl (C=O) groups is 2. The molecule has 0 saturated carbocycles. The fraction of sp³-hybridized carbons (Fsp3) is 0.500. The van der Waals surface area contributed by atoms with Crippen molar-refractivity contribution in [3.8, 4) is 0 Å². The molecule has 0 unspecified atom stereocenters. The first-order chi connectivity index (χ1) is 10.1. The number of rotatable bonds is 6. The minimum absolute atomic E-state index is 0.112. The highest BCUT2D eigenvalue weighted by atomic mass is 16.5. The first kappa shape index (κ1) is 15.5. The zero-order valence-corrected chi connectivity index (χ0v) is 12.3. The van der Waals surface area contributed by atoms with Crippen LogP contribution in [0.5, 0.6) is 0 Å². The van der Waals surface area contributed by atoms with Gasteiger partial charge < -0.3 is 14.7 Å². The van der Waals surface area contributed by atoms with Gasteiger partial charge >= 0.3 is 5.97 Å². The van der Waals surface area contributed by atoms with Gasteiger partial charge in [-0.1, -0.05) is 12.1 Å². The monoisotopic (exact) mass is 291 g/mol. The first-order valence-corrected chi connectivity index (χ1v) is 7.33. The lowest BCUT2D eigenvalue weighted by molar-refractivity contribution is -0.132. The van der Waals surface area contributed by atoms with Crippen LogP contribution in [-0.4, -0.2) is 41.6 Å². The maximum atomic E-state index is 12.1. The van der Waals surface area contributed by atoms with E-state index in [1.165, 1.54) is 0 Å². The third kappa shape index (κ3) is 3.82. The first-order valence-electron chi connectivity index (χ1n) is 7.33. The highest BCUT2D eigenvalue weighted by molar-refractivity contribution is 5.90. The topological polar surface area (TPSA) is 66.8 Å². The molecule has 0 spiro atoms. The fourth-order valence-electron chi connectivity index (χ4n) is 2.65. The summed E-state index contributed by atoms with van der Waals surface area (Å²) >= 11 is 0. The van der Waals surface area contributed by atoms with Crippen LogP contribution in [0.2, 0.25) is 0 Å². The summed E-state index contributed by atoms with van der Waals surface area (Å²) in [6.45, 7) is 4.30. The molecule has 0 fully saturated rings. The number of hydrogen-bond donors (Lipinski definition) is 1. The van der Waals surface area contributed by atoms with Crippen LogP contribution in [-0.2, 0) is 22.5 Å². The number of carbonyl (C=O) groups excluding carboxylic acids is 1. The van der Waals surface area contributed by atoms with Gasteiger partial charge in [-0.05, 0) is 37.0 Å². The van der Waals surface area contributed by atoms with Crippen LogP contribution in [0, 0.1) is 0 Å².